The van der Waals surface area contributed by atoms with E-state index in [9.17, 15) is 20.2 Å². The molecule has 1 atom stereocenters. The molecule has 1 unspecified atom stereocenters. The molecule has 0 aliphatic rings. The van der Waals surface area contributed by atoms with Crippen LogP contribution in [-0.4, -0.2) is 56.1 Å². The molecule has 9 heteroatoms. The highest BCUT2D eigenvalue weighted by atomic mass is 16.6. The number of hydrogen-bond acceptors (Lipinski definition) is 7. The lowest BCUT2D eigenvalue weighted by molar-refractivity contribution is -0.577. The van der Waals surface area contributed by atoms with Gasteiger partial charge in [0, 0.05) is 29.6 Å². The molecule has 0 aromatic heterocycles. The Hall–Kier alpha value is -1.32. The molecule has 0 radical (unpaired) electrons. The molecule has 0 amide bonds. The minimum atomic E-state index is -1.54. The van der Waals surface area contributed by atoms with Gasteiger partial charge in [0.2, 0.25) is 5.54 Å². The fraction of sp³-hybridized carbons (Fsp3) is 1.00. The Morgan fingerprint density at radius 2 is 1.32 bits per heavy atom. The summed E-state index contributed by atoms with van der Waals surface area (Å²) in [6.45, 7) is 3.03. The SMILES string of the molecule is CCC(C)(CO)[N+](=O)[O-].CCC(CO)(CO)[N+](=O)[O-]. The van der Waals surface area contributed by atoms with Crippen LogP contribution < -0.4 is 0 Å². The Balaban J connectivity index is 0. The Morgan fingerprint density at radius 1 is 0.895 bits per heavy atom. The molecule has 0 bridgehead atoms. The van der Waals surface area contributed by atoms with E-state index in [4.69, 9.17) is 15.3 Å². The van der Waals surface area contributed by atoms with Gasteiger partial charge < -0.3 is 15.3 Å². The van der Waals surface area contributed by atoms with Crippen molar-refractivity contribution in [1.82, 2.24) is 0 Å². The van der Waals surface area contributed by atoms with Gasteiger partial charge in [0.15, 0.2) is 0 Å². The van der Waals surface area contributed by atoms with E-state index in [1.165, 1.54) is 6.92 Å². The normalized spacial score (nSPS) is 14.0. The number of hydrogen-bond donors (Lipinski definition) is 3. The first-order valence-electron chi connectivity index (χ1n) is 5.81. The van der Waals surface area contributed by atoms with E-state index in [1.807, 2.05) is 0 Å². The van der Waals surface area contributed by atoms with E-state index in [1.54, 1.807) is 13.8 Å². The van der Waals surface area contributed by atoms with Gasteiger partial charge in [-0.05, 0) is 0 Å². The second-order valence-corrected chi connectivity index (χ2v) is 4.42. The summed E-state index contributed by atoms with van der Waals surface area (Å²) in [4.78, 5) is 19.2. The van der Waals surface area contributed by atoms with E-state index >= 15 is 0 Å². The summed E-state index contributed by atoms with van der Waals surface area (Å²) in [6, 6.07) is 0. The Bertz CT molecular complexity index is 279. The van der Waals surface area contributed by atoms with Gasteiger partial charge in [0.25, 0.3) is 5.54 Å². The molecule has 0 aliphatic carbocycles. The van der Waals surface area contributed by atoms with Crippen LogP contribution in [0.5, 0.6) is 0 Å². The van der Waals surface area contributed by atoms with Crippen LogP contribution in [0.2, 0.25) is 0 Å². The lowest BCUT2D eigenvalue weighted by Crippen LogP contribution is -2.45. The van der Waals surface area contributed by atoms with Crippen molar-refractivity contribution in [2.75, 3.05) is 19.8 Å². The number of aliphatic hydroxyl groups is 3. The van der Waals surface area contributed by atoms with E-state index in [-0.39, 0.29) is 6.42 Å². The van der Waals surface area contributed by atoms with E-state index in [0.717, 1.165) is 0 Å². The van der Waals surface area contributed by atoms with Gasteiger partial charge in [0.05, 0.1) is 0 Å². The molecule has 0 aromatic rings. The Kier molecular flexibility index (Phi) is 9.19. The molecule has 114 valence electrons. The average Bonchev–Trinajstić information content (AvgIpc) is 2.40. The fourth-order valence-corrected chi connectivity index (χ4v) is 0.817. The zero-order valence-electron chi connectivity index (χ0n) is 11.4. The van der Waals surface area contributed by atoms with Crippen molar-refractivity contribution in [2.24, 2.45) is 0 Å². The van der Waals surface area contributed by atoms with Crippen molar-refractivity contribution in [3.63, 3.8) is 0 Å². The molecule has 0 aromatic carbocycles. The summed E-state index contributed by atoms with van der Waals surface area (Å²) in [7, 11) is 0. The first-order chi connectivity index (χ1) is 8.69. The number of rotatable bonds is 7. The minimum absolute atomic E-state index is 0.132. The summed E-state index contributed by atoms with van der Waals surface area (Å²) < 4.78 is 0. The molecule has 9 nitrogen and oxygen atoms in total. The third-order valence-electron chi connectivity index (χ3n) is 3.18. The average molecular weight is 282 g/mol. The molecule has 0 saturated heterocycles. The maximum Gasteiger partial charge on any atom is 0.267 e. The Labute approximate surface area is 111 Å². The third-order valence-corrected chi connectivity index (χ3v) is 3.18. The molecule has 0 spiro atoms. The molecule has 0 fully saturated rings. The predicted octanol–water partition coefficient (Wildman–Crippen LogP) is -0.179. The molecular formula is C10H22N2O7. The highest BCUT2D eigenvalue weighted by molar-refractivity contribution is 4.74. The zero-order valence-corrected chi connectivity index (χ0v) is 11.4. The maximum absolute atomic E-state index is 10.2. The summed E-state index contributed by atoms with van der Waals surface area (Å²) in [5.74, 6) is 0. The van der Waals surface area contributed by atoms with Crippen LogP contribution in [0.4, 0.5) is 0 Å². The topological polar surface area (TPSA) is 147 Å². The quantitative estimate of drug-likeness (QED) is 0.433. The number of nitrogens with zero attached hydrogens (tertiary/aromatic N) is 2. The van der Waals surface area contributed by atoms with Crippen molar-refractivity contribution in [3.05, 3.63) is 20.2 Å². The second kappa shape index (κ2) is 8.73. The second-order valence-electron chi connectivity index (χ2n) is 4.42. The van der Waals surface area contributed by atoms with Crippen LogP contribution in [0.25, 0.3) is 0 Å². The van der Waals surface area contributed by atoms with Gasteiger partial charge in [-0.3, -0.25) is 20.2 Å². The largest absolute Gasteiger partial charge is 0.389 e. The summed E-state index contributed by atoms with van der Waals surface area (Å²) >= 11 is 0. The van der Waals surface area contributed by atoms with Crippen LogP contribution in [0, 0.1) is 20.2 Å². The smallest absolute Gasteiger partial charge is 0.267 e. The van der Waals surface area contributed by atoms with E-state index in [0.29, 0.717) is 6.42 Å². The molecule has 0 heterocycles. The zero-order chi connectivity index (χ0) is 15.7. The van der Waals surface area contributed by atoms with Gasteiger partial charge >= 0.3 is 0 Å². The van der Waals surface area contributed by atoms with Crippen LogP contribution in [0.1, 0.15) is 33.6 Å². The lowest BCUT2D eigenvalue weighted by Gasteiger charge is -2.17. The van der Waals surface area contributed by atoms with E-state index < -0.39 is 40.7 Å². The highest BCUT2D eigenvalue weighted by Crippen LogP contribution is 2.12. The van der Waals surface area contributed by atoms with Gasteiger partial charge in [0.1, 0.15) is 19.8 Å². The molecular weight excluding hydrogens is 260 g/mol. The van der Waals surface area contributed by atoms with Crippen LogP contribution in [-0.2, 0) is 0 Å². The number of nitro groups is 2. The summed E-state index contributed by atoms with van der Waals surface area (Å²) in [6.07, 6.45) is 0.490. The van der Waals surface area contributed by atoms with Crippen molar-refractivity contribution in [2.45, 2.75) is 44.7 Å². The van der Waals surface area contributed by atoms with Crippen LogP contribution in [0.3, 0.4) is 0 Å². The van der Waals surface area contributed by atoms with Gasteiger partial charge in [-0.15, -0.1) is 0 Å². The Morgan fingerprint density at radius 3 is 1.32 bits per heavy atom. The van der Waals surface area contributed by atoms with Crippen molar-refractivity contribution >= 4 is 0 Å². The third kappa shape index (κ3) is 5.45. The monoisotopic (exact) mass is 282 g/mol. The minimum Gasteiger partial charge on any atom is -0.389 e. The van der Waals surface area contributed by atoms with E-state index in [2.05, 4.69) is 0 Å². The predicted molar refractivity (Wildman–Crippen MR) is 67.0 cm³/mol. The highest BCUT2D eigenvalue weighted by Gasteiger charge is 2.39. The van der Waals surface area contributed by atoms with Gasteiger partial charge in [-0.1, -0.05) is 13.8 Å². The fourth-order valence-electron chi connectivity index (χ4n) is 0.817. The summed E-state index contributed by atoms with van der Waals surface area (Å²) in [5, 5.41) is 45.9. The van der Waals surface area contributed by atoms with Gasteiger partial charge in [-0.25, -0.2) is 0 Å². The lowest BCUT2D eigenvalue weighted by atomic mass is 10.0. The van der Waals surface area contributed by atoms with Crippen molar-refractivity contribution < 1.29 is 25.2 Å². The number of aliphatic hydroxyl groups excluding tert-OH is 3. The molecule has 0 aliphatic heterocycles. The van der Waals surface area contributed by atoms with Crippen LogP contribution >= 0.6 is 0 Å². The van der Waals surface area contributed by atoms with Crippen molar-refractivity contribution in [3.8, 4) is 0 Å². The van der Waals surface area contributed by atoms with Crippen LogP contribution in [0.15, 0.2) is 0 Å². The maximum atomic E-state index is 10.2. The molecule has 0 saturated carbocycles. The molecule has 0 rings (SSSR count). The first-order valence-corrected chi connectivity index (χ1v) is 5.81. The molecule has 3 N–H and O–H groups in total. The van der Waals surface area contributed by atoms with Gasteiger partial charge in [-0.2, -0.15) is 0 Å². The standard InChI is InChI=1S/C5H11NO4.C5H11NO3/c1-2-5(3-7,4-8)6(9)10;1-3-5(2,4-7)6(8)9/h7-8H,2-4H2,1H3;7H,3-4H2,1-2H3. The summed E-state index contributed by atoms with van der Waals surface area (Å²) in [5.41, 5.74) is -2.68. The van der Waals surface area contributed by atoms with Crippen molar-refractivity contribution in [1.29, 1.82) is 0 Å². The molecule has 19 heavy (non-hydrogen) atoms. The first kappa shape index (κ1) is 20.0.